The van der Waals surface area contributed by atoms with E-state index in [1.165, 1.54) is 0 Å². The third kappa shape index (κ3) is 4.48. The third-order valence-corrected chi connectivity index (χ3v) is 2.89. The number of Topliss-reactive ketones (excluding diaryl/α,β-unsaturated/α-hetero) is 1. The largest absolute Gasteiger partial charge is 0.481 e. The van der Waals surface area contributed by atoms with Crippen LogP contribution in [0.15, 0.2) is 18.2 Å². The van der Waals surface area contributed by atoms with E-state index in [-0.39, 0.29) is 18.2 Å². The quantitative estimate of drug-likeness (QED) is 0.773. The minimum absolute atomic E-state index is 0.0541. The Morgan fingerprint density at radius 2 is 1.89 bits per heavy atom. The molecule has 1 aromatic rings. The van der Waals surface area contributed by atoms with Crippen molar-refractivity contribution < 1.29 is 14.7 Å². The van der Waals surface area contributed by atoms with Crippen molar-refractivity contribution in [1.29, 1.82) is 0 Å². The molecule has 0 aliphatic carbocycles. The van der Waals surface area contributed by atoms with Crippen LogP contribution in [0.2, 0.25) is 0 Å². The summed E-state index contributed by atoms with van der Waals surface area (Å²) in [5.74, 6) is -1.13. The first-order valence-electron chi connectivity index (χ1n) is 6.40. The summed E-state index contributed by atoms with van der Waals surface area (Å²) in [6.07, 6.45) is -0.204. The number of carbonyl (C=O) groups is 2. The summed E-state index contributed by atoms with van der Waals surface area (Å²) in [6, 6.07) is 5.01. The van der Waals surface area contributed by atoms with Crippen molar-refractivity contribution in [3.63, 3.8) is 0 Å². The Labute approximate surface area is 113 Å². The van der Waals surface area contributed by atoms with Gasteiger partial charge in [0.2, 0.25) is 0 Å². The van der Waals surface area contributed by atoms with Gasteiger partial charge in [-0.2, -0.15) is 0 Å². The predicted molar refractivity (Wildman–Crippen MR) is 74.6 cm³/mol. The highest BCUT2D eigenvalue weighted by Gasteiger charge is 2.24. The molecular formula is C15H21NO3. The fourth-order valence-electron chi connectivity index (χ4n) is 1.99. The molecule has 0 amide bonds. The number of aryl methyl sites for hydroxylation is 2. The molecule has 0 spiro atoms. The van der Waals surface area contributed by atoms with Crippen molar-refractivity contribution >= 4 is 11.8 Å². The van der Waals surface area contributed by atoms with Crippen LogP contribution in [0.4, 0.5) is 0 Å². The molecule has 4 heteroatoms. The van der Waals surface area contributed by atoms with E-state index in [2.05, 4.69) is 5.32 Å². The Kier molecular flexibility index (Phi) is 5.24. The zero-order valence-electron chi connectivity index (χ0n) is 11.9. The van der Waals surface area contributed by atoms with Crippen molar-refractivity contribution in [1.82, 2.24) is 5.32 Å². The second kappa shape index (κ2) is 6.48. The van der Waals surface area contributed by atoms with Crippen LogP contribution in [0.1, 0.15) is 41.8 Å². The number of carbonyl (C=O) groups excluding carboxylic acids is 1. The molecular weight excluding hydrogens is 242 g/mol. The number of carboxylic acids is 1. The van der Waals surface area contributed by atoms with Crippen LogP contribution in [0, 0.1) is 13.8 Å². The third-order valence-electron chi connectivity index (χ3n) is 2.89. The average Bonchev–Trinajstić information content (AvgIpc) is 2.29. The van der Waals surface area contributed by atoms with Gasteiger partial charge in [0.15, 0.2) is 5.78 Å². The van der Waals surface area contributed by atoms with Gasteiger partial charge in [0.05, 0.1) is 12.5 Å². The van der Waals surface area contributed by atoms with Gasteiger partial charge in [0.25, 0.3) is 0 Å². The number of carboxylic acid groups (broad SMARTS) is 1. The van der Waals surface area contributed by atoms with Gasteiger partial charge < -0.3 is 10.4 Å². The van der Waals surface area contributed by atoms with Crippen LogP contribution >= 0.6 is 0 Å². The number of rotatable bonds is 6. The molecule has 1 aromatic carbocycles. The molecule has 1 rings (SSSR count). The molecule has 19 heavy (non-hydrogen) atoms. The molecule has 1 unspecified atom stereocenters. The minimum atomic E-state index is -0.975. The normalized spacial score (nSPS) is 12.5. The lowest BCUT2D eigenvalue weighted by molar-refractivity contribution is -0.137. The Morgan fingerprint density at radius 3 is 2.42 bits per heavy atom. The summed E-state index contributed by atoms with van der Waals surface area (Å²) >= 11 is 0. The van der Waals surface area contributed by atoms with E-state index in [4.69, 9.17) is 5.11 Å². The van der Waals surface area contributed by atoms with Crippen molar-refractivity contribution in [3.8, 4) is 0 Å². The molecule has 0 saturated carbocycles. The highest BCUT2D eigenvalue weighted by atomic mass is 16.4. The van der Waals surface area contributed by atoms with Crippen LogP contribution < -0.4 is 5.32 Å². The standard InChI is InChI=1S/C15H21NO3/c1-9(2)16-13(8-14(17)18)15(19)12-7-10(3)5-6-11(12)4/h5-7,9,13,16H,8H2,1-4H3,(H,17,18). The number of ketones is 1. The molecule has 0 aliphatic rings. The van der Waals surface area contributed by atoms with Gasteiger partial charge in [-0.1, -0.05) is 31.5 Å². The van der Waals surface area contributed by atoms with Gasteiger partial charge in [-0.25, -0.2) is 0 Å². The van der Waals surface area contributed by atoms with Crippen LogP contribution in [0.5, 0.6) is 0 Å². The smallest absolute Gasteiger partial charge is 0.305 e. The van der Waals surface area contributed by atoms with Crippen molar-refractivity contribution in [3.05, 3.63) is 34.9 Å². The number of hydrogen-bond donors (Lipinski definition) is 2. The summed E-state index contributed by atoms with van der Waals surface area (Å²) < 4.78 is 0. The topological polar surface area (TPSA) is 66.4 Å². The summed E-state index contributed by atoms with van der Waals surface area (Å²) in [5, 5.41) is 11.9. The van der Waals surface area contributed by atoms with E-state index < -0.39 is 12.0 Å². The first-order chi connectivity index (χ1) is 8.81. The maximum absolute atomic E-state index is 12.5. The number of hydrogen-bond acceptors (Lipinski definition) is 3. The highest BCUT2D eigenvalue weighted by molar-refractivity contribution is 6.03. The SMILES string of the molecule is Cc1ccc(C)c(C(=O)C(CC(=O)O)NC(C)C)c1. The number of aliphatic carboxylic acids is 1. The van der Waals surface area contributed by atoms with E-state index in [1.807, 2.05) is 45.9 Å². The lowest BCUT2D eigenvalue weighted by atomic mass is 9.95. The van der Waals surface area contributed by atoms with E-state index in [0.29, 0.717) is 5.56 Å². The van der Waals surface area contributed by atoms with Crippen LogP contribution in [-0.4, -0.2) is 28.9 Å². The molecule has 0 heterocycles. The van der Waals surface area contributed by atoms with Crippen LogP contribution in [0.3, 0.4) is 0 Å². The zero-order valence-corrected chi connectivity index (χ0v) is 11.9. The monoisotopic (exact) mass is 263 g/mol. The Bertz CT molecular complexity index is 480. The van der Waals surface area contributed by atoms with Gasteiger partial charge in [-0.15, -0.1) is 0 Å². The lowest BCUT2D eigenvalue weighted by Crippen LogP contribution is -2.42. The molecule has 0 aliphatic heterocycles. The number of benzene rings is 1. The van der Waals surface area contributed by atoms with Crippen molar-refractivity contribution in [2.75, 3.05) is 0 Å². The first kappa shape index (κ1) is 15.4. The van der Waals surface area contributed by atoms with E-state index >= 15 is 0 Å². The highest BCUT2D eigenvalue weighted by Crippen LogP contribution is 2.14. The fraction of sp³-hybridized carbons (Fsp3) is 0.467. The summed E-state index contributed by atoms with van der Waals surface area (Å²) in [5.41, 5.74) is 2.46. The molecule has 2 N–H and O–H groups in total. The van der Waals surface area contributed by atoms with Crippen LogP contribution in [-0.2, 0) is 4.79 Å². The van der Waals surface area contributed by atoms with Gasteiger partial charge in [-0.3, -0.25) is 9.59 Å². The lowest BCUT2D eigenvalue weighted by Gasteiger charge is -2.19. The van der Waals surface area contributed by atoms with E-state index in [9.17, 15) is 9.59 Å². The maximum Gasteiger partial charge on any atom is 0.305 e. The maximum atomic E-state index is 12.5. The van der Waals surface area contributed by atoms with Crippen molar-refractivity contribution in [2.45, 2.75) is 46.2 Å². The Morgan fingerprint density at radius 1 is 1.26 bits per heavy atom. The van der Waals surface area contributed by atoms with Crippen molar-refractivity contribution in [2.24, 2.45) is 0 Å². The molecule has 0 fully saturated rings. The second-order valence-corrected chi connectivity index (χ2v) is 5.15. The molecule has 0 bridgehead atoms. The molecule has 4 nitrogen and oxygen atoms in total. The van der Waals surface area contributed by atoms with Gasteiger partial charge in [0.1, 0.15) is 0 Å². The second-order valence-electron chi connectivity index (χ2n) is 5.15. The summed E-state index contributed by atoms with van der Waals surface area (Å²) in [6.45, 7) is 7.56. The summed E-state index contributed by atoms with van der Waals surface area (Å²) in [7, 11) is 0. The number of nitrogens with one attached hydrogen (secondary N) is 1. The zero-order chi connectivity index (χ0) is 14.6. The molecule has 0 saturated heterocycles. The Hall–Kier alpha value is -1.68. The average molecular weight is 263 g/mol. The van der Waals surface area contributed by atoms with E-state index in [1.54, 1.807) is 0 Å². The Balaban J connectivity index is 3.03. The first-order valence-corrected chi connectivity index (χ1v) is 6.40. The predicted octanol–water partition coefficient (Wildman–Crippen LogP) is 2.33. The molecule has 104 valence electrons. The minimum Gasteiger partial charge on any atom is -0.481 e. The van der Waals surface area contributed by atoms with Gasteiger partial charge >= 0.3 is 5.97 Å². The molecule has 0 aromatic heterocycles. The summed E-state index contributed by atoms with van der Waals surface area (Å²) in [4.78, 5) is 23.3. The fourth-order valence-corrected chi connectivity index (χ4v) is 1.99. The van der Waals surface area contributed by atoms with Gasteiger partial charge in [0, 0.05) is 11.6 Å². The molecule has 1 atom stereocenters. The van der Waals surface area contributed by atoms with Gasteiger partial charge in [-0.05, 0) is 25.5 Å². The molecule has 0 radical (unpaired) electrons. The van der Waals surface area contributed by atoms with Crippen LogP contribution in [0.25, 0.3) is 0 Å². The van der Waals surface area contributed by atoms with E-state index in [0.717, 1.165) is 11.1 Å².